The largest absolute Gasteiger partial charge is 0.266 e. The van der Waals surface area contributed by atoms with Gasteiger partial charge in [-0.3, -0.25) is 4.72 Å². The van der Waals surface area contributed by atoms with E-state index in [-0.39, 0.29) is 5.82 Å². The van der Waals surface area contributed by atoms with E-state index in [1.54, 1.807) is 0 Å². The Balaban J connectivity index is 2.41. The van der Waals surface area contributed by atoms with Crippen LogP contribution in [0.25, 0.3) is 0 Å². The zero-order valence-electron chi connectivity index (χ0n) is 9.44. The number of hydrogen-bond acceptors (Lipinski definition) is 4. The molecule has 2 aromatic rings. The maximum atomic E-state index is 13.4. The topological polar surface area (TPSA) is 72.0 Å². The van der Waals surface area contributed by atoms with Gasteiger partial charge in [0.05, 0.1) is 12.4 Å². The Labute approximate surface area is 120 Å². The quantitative estimate of drug-likeness (QED) is 0.845. The zero-order chi connectivity index (χ0) is 14.9. The van der Waals surface area contributed by atoms with Gasteiger partial charge < -0.3 is 0 Å². The average molecular weight is 368 g/mol. The maximum absolute atomic E-state index is 13.4. The van der Waals surface area contributed by atoms with Crippen LogP contribution in [0.4, 0.5) is 19.0 Å². The van der Waals surface area contributed by atoms with Crippen LogP contribution >= 0.6 is 15.9 Å². The van der Waals surface area contributed by atoms with Gasteiger partial charge in [-0.1, -0.05) is 0 Å². The van der Waals surface area contributed by atoms with Gasteiger partial charge in [-0.2, -0.15) is 0 Å². The summed E-state index contributed by atoms with van der Waals surface area (Å²) < 4.78 is 65.2. The number of hydrogen-bond donors (Lipinski definition) is 1. The van der Waals surface area contributed by atoms with Crippen molar-refractivity contribution >= 4 is 31.8 Å². The molecule has 0 unspecified atom stereocenters. The minimum Gasteiger partial charge on any atom is -0.262 e. The minimum atomic E-state index is -4.45. The van der Waals surface area contributed by atoms with Crippen LogP contribution in [0.2, 0.25) is 0 Å². The van der Waals surface area contributed by atoms with Crippen molar-refractivity contribution in [2.24, 2.45) is 0 Å². The molecular weight excluding hydrogens is 363 g/mol. The molecule has 0 aliphatic carbocycles. The second-order valence-corrected chi connectivity index (χ2v) is 5.97. The summed E-state index contributed by atoms with van der Waals surface area (Å²) in [6.45, 7) is 0. The first-order valence-electron chi connectivity index (χ1n) is 4.95. The van der Waals surface area contributed by atoms with Crippen molar-refractivity contribution in [2.45, 2.75) is 4.90 Å². The summed E-state index contributed by atoms with van der Waals surface area (Å²) in [5.74, 6) is -5.35. The lowest BCUT2D eigenvalue weighted by molar-refractivity contribution is 0.432. The molecule has 0 amide bonds. The van der Waals surface area contributed by atoms with Gasteiger partial charge >= 0.3 is 0 Å². The van der Waals surface area contributed by atoms with Gasteiger partial charge in [-0.05, 0) is 28.1 Å². The second-order valence-electron chi connectivity index (χ2n) is 3.50. The standard InChI is InChI=1S/C10H5BrF3N3O2S/c11-7-3-16-8(4-15-7)17-20(18,19)6-2-1-5(12)9(13)10(6)14/h1-4H,(H,16,17). The lowest BCUT2D eigenvalue weighted by Gasteiger charge is -2.08. The van der Waals surface area contributed by atoms with E-state index in [1.807, 2.05) is 4.72 Å². The Bertz CT molecular complexity index is 753. The number of benzene rings is 1. The molecule has 106 valence electrons. The number of nitrogens with one attached hydrogen (secondary N) is 1. The lowest BCUT2D eigenvalue weighted by Crippen LogP contribution is -2.16. The van der Waals surface area contributed by atoms with Crippen LogP contribution in [-0.2, 0) is 10.0 Å². The average Bonchev–Trinajstić information content (AvgIpc) is 2.38. The SMILES string of the molecule is O=S(=O)(Nc1cnc(Br)cn1)c1ccc(F)c(F)c1F. The fraction of sp³-hybridized carbons (Fsp3) is 0. The van der Waals surface area contributed by atoms with Gasteiger partial charge in [0.1, 0.15) is 9.50 Å². The summed E-state index contributed by atoms with van der Waals surface area (Å²) in [5, 5.41) is 0. The van der Waals surface area contributed by atoms with Crippen molar-refractivity contribution in [1.29, 1.82) is 0 Å². The van der Waals surface area contributed by atoms with Crippen LogP contribution in [-0.4, -0.2) is 18.4 Å². The highest BCUT2D eigenvalue weighted by molar-refractivity contribution is 9.10. The summed E-state index contributed by atoms with van der Waals surface area (Å²) in [4.78, 5) is 6.35. The van der Waals surface area contributed by atoms with Gasteiger partial charge in [0.2, 0.25) is 0 Å². The number of aromatic nitrogens is 2. The molecule has 0 aliphatic rings. The van der Waals surface area contributed by atoms with Crippen molar-refractivity contribution in [3.8, 4) is 0 Å². The molecule has 0 spiro atoms. The number of rotatable bonds is 3. The van der Waals surface area contributed by atoms with E-state index in [0.29, 0.717) is 16.7 Å². The summed E-state index contributed by atoms with van der Waals surface area (Å²) in [6, 6.07) is 1.13. The Hall–Kier alpha value is -1.68. The van der Waals surface area contributed by atoms with Gasteiger partial charge in [0.25, 0.3) is 10.0 Å². The molecule has 0 fully saturated rings. The highest BCUT2D eigenvalue weighted by Gasteiger charge is 2.24. The van der Waals surface area contributed by atoms with Crippen molar-refractivity contribution in [1.82, 2.24) is 9.97 Å². The third-order valence-electron chi connectivity index (χ3n) is 2.15. The van der Waals surface area contributed by atoms with Crippen LogP contribution in [0.15, 0.2) is 34.0 Å². The van der Waals surface area contributed by atoms with E-state index in [9.17, 15) is 21.6 Å². The molecule has 0 saturated carbocycles. The maximum Gasteiger partial charge on any atom is 0.266 e. The van der Waals surface area contributed by atoms with E-state index in [0.717, 1.165) is 6.20 Å². The van der Waals surface area contributed by atoms with E-state index >= 15 is 0 Å². The third-order valence-corrected chi connectivity index (χ3v) is 3.93. The molecule has 0 aliphatic heterocycles. The zero-order valence-corrected chi connectivity index (χ0v) is 11.8. The number of nitrogens with zero attached hydrogens (tertiary/aromatic N) is 2. The normalized spacial score (nSPS) is 11.4. The Kier molecular flexibility index (Phi) is 3.95. The molecule has 10 heteroatoms. The molecule has 20 heavy (non-hydrogen) atoms. The summed E-state index contributed by atoms with van der Waals surface area (Å²) >= 11 is 3.00. The van der Waals surface area contributed by atoms with E-state index in [2.05, 4.69) is 25.9 Å². The molecule has 1 heterocycles. The van der Waals surface area contributed by atoms with Crippen LogP contribution < -0.4 is 4.72 Å². The fourth-order valence-electron chi connectivity index (χ4n) is 1.27. The van der Waals surface area contributed by atoms with E-state index < -0.39 is 32.4 Å². The third kappa shape index (κ3) is 2.90. The molecule has 2 rings (SSSR count). The molecule has 1 N–H and O–H groups in total. The highest BCUT2D eigenvalue weighted by Crippen LogP contribution is 2.21. The molecule has 5 nitrogen and oxygen atoms in total. The van der Waals surface area contributed by atoms with Gasteiger partial charge in [-0.15, -0.1) is 0 Å². The van der Waals surface area contributed by atoms with Crippen molar-refractivity contribution in [2.75, 3.05) is 4.72 Å². The van der Waals surface area contributed by atoms with Gasteiger partial charge in [0.15, 0.2) is 23.3 Å². The van der Waals surface area contributed by atoms with Crippen molar-refractivity contribution < 1.29 is 21.6 Å². The van der Waals surface area contributed by atoms with Crippen molar-refractivity contribution in [3.63, 3.8) is 0 Å². The predicted molar refractivity (Wildman–Crippen MR) is 66.9 cm³/mol. The van der Waals surface area contributed by atoms with Crippen molar-refractivity contribution in [3.05, 3.63) is 46.6 Å². The van der Waals surface area contributed by atoms with E-state index in [1.165, 1.54) is 6.20 Å². The lowest BCUT2D eigenvalue weighted by atomic mass is 10.3. The first-order chi connectivity index (χ1) is 9.31. The smallest absolute Gasteiger partial charge is 0.262 e. The Morgan fingerprint density at radius 1 is 1.05 bits per heavy atom. The summed E-state index contributed by atoms with van der Waals surface area (Å²) in [6.07, 6.45) is 2.28. The van der Waals surface area contributed by atoms with Crippen LogP contribution in [0.3, 0.4) is 0 Å². The van der Waals surface area contributed by atoms with Crippen LogP contribution in [0.5, 0.6) is 0 Å². The molecule has 0 saturated heterocycles. The van der Waals surface area contributed by atoms with Crippen LogP contribution in [0.1, 0.15) is 0 Å². The molecule has 1 aromatic carbocycles. The van der Waals surface area contributed by atoms with Crippen LogP contribution in [0, 0.1) is 17.5 Å². The molecule has 1 aromatic heterocycles. The minimum absolute atomic E-state index is 0.197. The fourth-order valence-corrected chi connectivity index (χ4v) is 2.54. The van der Waals surface area contributed by atoms with Gasteiger partial charge in [0, 0.05) is 0 Å². The number of sulfonamides is 1. The van der Waals surface area contributed by atoms with Gasteiger partial charge in [-0.25, -0.2) is 31.6 Å². The van der Waals surface area contributed by atoms with E-state index in [4.69, 9.17) is 0 Å². The Morgan fingerprint density at radius 3 is 2.35 bits per heavy atom. The first kappa shape index (κ1) is 14.7. The summed E-state index contributed by atoms with van der Waals surface area (Å²) in [7, 11) is -4.45. The molecule has 0 radical (unpaired) electrons. The first-order valence-corrected chi connectivity index (χ1v) is 7.23. The monoisotopic (exact) mass is 367 g/mol. The second kappa shape index (κ2) is 5.37. The Morgan fingerprint density at radius 2 is 1.75 bits per heavy atom. The number of halogens is 4. The highest BCUT2D eigenvalue weighted by atomic mass is 79.9. The number of anilines is 1. The molecular formula is C10H5BrF3N3O2S. The predicted octanol–water partition coefficient (Wildman–Crippen LogP) is 2.46. The molecule has 0 atom stereocenters. The molecule has 0 bridgehead atoms. The summed E-state index contributed by atoms with van der Waals surface area (Å²) in [5.41, 5.74) is 0.